The Labute approximate surface area is 106 Å². The van der Waals surface area contributed by atoms with Crippen LogP contribution in [0.4, 0.5) is 0 Å². The Morgan fingerprint density at radius 1 is 1.50 bits per heavy atom. The molecule has 1 aliphatic heterocycles. The number of benzene rings is 1. The predicted octanol–water partition coefficient (Wildman–Crippen LogP) is 0.734. The number of nitrogens with one attached hydrogen (secondary N) is 1. The molecule has 1 radical (unpaired) electrons. The van der Waals surface area contributed by atoms with Gasteiger partial charge in [0.15, 0.2) is 0 Å². The van der Waals surface area contributed by atoms with Crippen LogP contribution >= 0.6 is 0 Å². The Morgan fingerprint density at radius 2 is 2.50 bits per heavy atom. The molecule has 3 rings (SSSR count). The second-order valence-electron chi connectivity index (χ2n) is 4.30. The fourth-order valence-electron chi connectivity index (χ4n) is 2.01. The van der Waals surface area contributed by atoms with Gasteiger partial charge in [0.2, 0.25) is 0 Å². The average molecular weight is 243 g/mol. The number of nitrogens with zero attached hydrogens (tertiary/aromatic N) is 3. The SMILES string of the molecule is [c]1ccccc1-c1cn(CC2CNCCO2)nn1. The molecule has 5 nitrogen and oxygen atoms in total. The van der Waals surface area contributed by atoms with Crippen LogP contribution in [0, 0.1) is 6.07 Å². The Balaban J connectivity index is 1.69. The molecule has 1 fully saturated rings. The lowest BCUT2D eigenvalue weighted by Gasteiger charge is -2.23. The molecular formula is C13H15N4O. The van der Waals surface area contributed by atoms with Crippen molar-refractivity contribution in [2.75, 3.05) is 19.7 Å². The molecule has 0 amide bonds. The number of morpholine rings is 1. The third-order valence-corrected chi connectivity index (χ3v) is 2.92. The van der Waals surface area contributed by atoms with Crippen LogP contribution in [0.5, 0.6) is 0 Å². The van der Waals surface area contributed by atoms with E-state index in [-0.39, 0.29) is 6.10 Å². The summed E-state index contributed by atoms with van der Waals surface area (Å²) in [6.45, 7) is 3.29. The minimum atomic E-state index is 0.174. The Hall–Kier alpha value is -1.72. The van der Waals surface area contributed by atoms with Crippen LogP contribution in [-0.2, 0) is 11.3 Å². The van der Waals surface area contributed by atoms with Crippen LogP contribution in [0.15, 0.2) is 30.5 Å². The molecule has 0 bridgehead atoms. The van der Waals surface area contributed by atoms with Crippen LogP contribution in [0.1, 0.15) is 0 Å². The summed E-state index contributed by atoms with van der Waals surface area (Å²) in [5, 5.41) is 11.6. The molecule has 2 heterocycles. The normalized spacial score (nSPS) is 19.9. The summed E-state index contributed by atoms with van der Waals surface area (Å²) >= 11 is 0. The first-order chi connectivity index (χ1) is 8.92. The summed E-state index contributed by atoms with van der Waals surface area (Å²) < 4.78 is 7.47. The van der Waals surface area contributed by atoms with E-state index >= 15 is 0 Å². The number of aromatic nitrogens is 3. The van der Waals surface area contributed by atoms with Gasteiger partial charge < -0.3 is 10.1 Å². The van der Waals surface area contributed by atoms with Crippen molar-refractivity contribution in [3.8, 4) is 11.3 Å². The zero-order chi connectivity index (χ0) is 12.2. The molecule has 1 saturated heterocycles. The average Bonchev–Trinajstić information content (AvgIpc) is 2.89. The third kappa shape index (κ3) is 2.57. The summed E-state index contributed by atoms with van der Waals surface area (Å²) in [6.07, 6.45) is 2.11. The first-order valence-corrected chi connectivity index (χ1v) is 6.11. The number of rotatable bonds is 3. The molecule has 0 aliphatic carbocycles. The molecule has 1 atom stereocenters. The fourth-order valence-corrected chi connectivity index (χ4v) is 2.01. The maximum Gasteiger partial charge on any atom is 0.113 e. The van der Waals surface area contributed by atoms with Gasteiger partial charge in [-0.25, -0.2) is 4.68 Å². The van der Waals surface area contributed by atoms with E-state index in [0.717, 1.165) is 37.5 Å². The summed E-state index contributed by atoms with van der Waals surface area (Å²) in [5.41, 5.74) is 1.81. The summed E-state index contributed by atoms with van der Waals surface area (Å²) in [4.78, 5) is 0. The quantitative estimate of drug-likeness (QED) is 0.863. The van der Waals surface area contributed by atoms with Crippen LogP contribution in [0.2, 0.25) is 0 Å². The van der Waals surface area contributed by atoms with Gasteiger partial charge in [0.25, 0.3) is 0 Å². The van der Waals surface area contributed by atoms with Gasteiger partial charge in [-0.1, -0.05) is 29.5 Å². The molecular weight excluding hydrogens is 228 g/mol. The highest BCUT2D eigenvalue weighted by molar-refractivity contribution is 5.56. The van der Waals surface area contributed by atoms with Crippen molar-refractivity contribution < 1.29 is 4.74 Å². The number of hydrogen-bond donors (Lipinski definition) is 1. The molecule has 1 aromatic heterocycles. The highest BCUT2D eigenvalue weighted by Crippen LogP contribution is 2.14. The van der Waals surface area contributed by atoms with E-state index in [0.29, 0.717) is 0 Å². The maximum absolute atomic E-state index is 5.64. The van der Waals surface area contributed by atoms with E-state index in [4.69, 9.17) is 4.74 Å². The minimum Gasteiger partial charge on any atom is -0.374 e. The highest BCUT2D eigenvalue weighted by atomic mass is 16.5. The van der Waals surface area contributed by atoms with Crippen molar-refractivity contribution in [1.29, 1.82) is 0 Å². The molecule has 1 aliphatic rings. The minimum absolute atomic E-state index is 0.174. The van der Waals surface area contributed by atoms with Crippen molar-refractivity contribution >= 4 is 0 Å². The monoisotopic (exact) mass is 243 g/mol. The molecule has 1 aromatic carbocycles. The van der Waals surface area contributed by atoms with Gasteiger partial charge in [0, 0.05) is 18.7 Å². The lowest BCUT2D eigenvalue weighted by Crippen LogP contribution is -2.40. The van der Waals surface area contributed by atoms with E-state index in [2.05, 4.69) is 21.7 Å². The van der Waals surface area contributed by atoms with Crippen molar-refractivity contribution in [2.45, 2.75) is 12.6 Å². The molecule has 18 heavy (non-hydrogen) atoms. The first-order valence-electron chi connectivity index (χ1n) is 6.11. The zero-order valence-corrected chi connectivity index (χ0v) is 10.0. The van der Waals surface area contributed by atoms with Gasteiger partial charge >= 0.3 is 0 Å². The molecule has 93 valence electrons. The van der Waals surface area contributed by atoms with Gasteiger partial charge in [-0.2, -0.15) is 0 Å². The van der Waals surface area contributed by atoms with Crippen LogP contribution in [0.3, 0.4) is 0 Å². The van der Waals surface area contributed by atoms with Crippen molar-refractivity contribution in [3.05, 3.63) is 36.5 Å². The Morgan fingerprint density at radius 3 is 3.28 bits per heavy atom. The molecule has 0 saturated carbocycles. The molecule has 5 heteroatoms. The summed E-state index contributed by atoms with van der Waals surface area (Å²) in [5.74, 6) is 0. The fraction of sp³-hybridized carbons (Fsp3) is 0.385. The van der Waals surface area contributed by atoms with Crippen molar-refractivity contribution in [2.24, 2.45) is 0 Å². The highest BCUT2D eigenvalue weighted by Gasteiger charge is 2.15. The van der Waals surface area contributed by atoms with Crippen molar-refractivity contribution in [1.82, 2.24) is 20.3 Å². The van der Waals surface area contributed by atoms with E-state index in [1.165, 1.54) is 0 Å². The third-order valence-electron chi connectivity index (χ3n) is 2.92. The van der Waals surface area contributed by atoms with Gasteiger partial charge in [-0.3, -0.25) is 0 Å². The van der Waals surface area contributed by atoms with Crippen LogP contribution in [0.25, 0.3) is 11.3 Å². The maximum atomic E-state index is 5.64. The number of hydrogen-bond acceptors (Lipinski definition) is 4. The smallest absolute Gasteiger partial charge is 0.113 e. The van der Waals surface area contributed by atoms with Crippen LogP contribution < -0.4 is 5.32 Å². The second kappa shape index (κ2) is 5.29. The Kier molecular flexibility index (Phi) is 3.34. The van der Waals surface area contributed by atoms with Crippen molar-refractivity contribution in [3.63, 3.8) is 0 Å². The molecule has 1 unspecified atom stereocenters. The lowest BCUT2D eigenvalue weighted by atomic mass is 10.2. The largest absolute Gasteiger partial charge is 0.374 e. The predicted molar refractivity (Wildman–Crippen MR) is 66.9 cm³/mol. The molecule has 0 spiro atoms. The lowest BCUT2D eigenvalue weighted by molar-refractivity contribution is 0.0158. The zero-order valence-electron chi connectivity index (χ0n) is 10.0. The summed E-state index contributed by atoms with van der Waals surface area (Å²) in [6, 6.07) is 10.9. The second-order valence-corrected chi connectivity index (χ2v) is 4.30. The van der Waals surface area contributed by atoms with E-state index in [1.54, 1.807) is 0 Å². The van der Waals surface area contributed by atoms with Gasteiger partial charge in [0.1, 0.15) is 5.69 Å². The van der Waals surface area contributed by atoms with E-state index < -0.39 is 0 Å². The molecule has 2 aromatic rings. The molecule has 1 N–H and O–H groups in total. The van der Waals surface area contributed by atoms with Gasteiger partial charge in [-0.05, 0) is 6.07 Å². The van der Waals surface area contributed by atoms with E-state index in [1.807, 2.05) is 35.1 Å². The van der Waals surface area contributed by atoms with Gasteiger partial charge in [0.05, 0.1) is 25.5 Å². The first kappa shape index (κ1) is 11.4. The topological polar surface area (TPSA) is 52.0 Å². The standard InChI is InChI=1S/C13H15N4O/c1-2-4-11(5-3-1)13-10-17(16-15-13)9-12-8-14-6-7-18-12/h1-4,10,12,14H,6-9H2. The van der Waals surface area contributed by atoms with Crippen LogP contribution in [-0.4, -0.2) is 40.8 Å². The Bertz CT molecular complexity index is 491. The van der Waals surface area contributed by atoms with Gasteiger partial charge in [-0.15, -0.1) is 5.10 Å². The summed E-state index contributed by atoms with van der Waals surface area (Å²) in [7, 11) is 0. The number of ether oxygens (including phenoxy) is 1. The van der Waals surface area contributed by atoms with E-state index in [9.17, 15) is 0 Å².